The zero-order valence-corrected chi connectivity index (χ0v) is 35.9. The number of hydrogen-bond donors (Lipinski definition) is 5. The second-order valence-electron chi connectivity index (χ2n) is 14.1. The molecule has 0 bridgehead atoms. The Bertz CT molecular complexity index is 1470. The van der Waals surface area contributed by atoms with E-state index in [4.69, 9.17) is 53.3 Å². The largest absolute Gasteiger partial charge is 0.463 e. The molecule has 0 spiro atoms. The summed E-state index contributed by atoms with van der Waals surface area (Å²) in [7, 11) is 0. The summed E-state index contributed by atoms with van der Waals surface area (Å²) in [6.45, 7) is 10.7. The highest BCUT2D eigenvalue weighted by Gasteiger charge is 2.53. The third kappa shape index (κ3) is 19.8. The van der Waals surface area contributed by atoms with Gasteiger partial charge in [0.25, 0.3) is 0 Å². The predicted molar refractivity (Wildman–Crippen MR) is 206 cm³/mol. The second-order valence-corrected chi connectivity index (χ2v) is 14.1. The van der Waals surface area contributed by atoms with E-state index in [0.29, 0.717) is 32.6 Å². The first-order valence-electron chi connectivity index (χ1n) is 19.8. The number of hydroxylamine groups is 3. The molecule has 0 aromatic carbocycles. The van der Waals surface area contributed by atoms with Crippen molar-refractivity contribution in [1.82, 2.24) is 26.5 Å². The third-order valence-electron chi connectivity index (χ3n) is 8.60. The molecule has 2 aliphatic heterocycles. The zero-order chi connectivity index (χ0) is 45.6. The maximum Gasteiger partial charge on any atom is 0.303 e. The van der Waals surface area contributed by atoms with Gasteiger partial charge in [0.05, 0.1) is 0 Å². The van der Waals surface area contributed by atoms with Crippen LogP contribution in [0.1, 0.15) is 74.7 Å². The smallest absolute Gasteiger partial charge is 0.303 e. The lowest BCUT2D eigenvalue weighted by Crippen LogP contribution is -2.67. The van der Waals surface area contributed by atoms with Gasteiger partial charge in [-0.1, -0.05) is 0 Å². The van der Waals surface area contributed by atoms with E-state index in [-0.39, 0.29) is 19.5 Å². The number of ether oxygens (including phenoxy) is 8. The van der Waals surface area contributed by atoms with E-state index in [9.17, 15) is 38.4 Å². The Balaban J connectivity index is 2.36. The van der Waals surface area contributed by atoms with Crippen molar-refractivity contribution in [3.63, 3.8) is 0 Å². The van der Waals surface area contributed by atoms with E-state index in [1.807, 2.05) is 0 Å². The minimum absolute atomic E-state index is 0.0990. The highest BCUT2D eigenvalue weighted by molar-refractivity contribution is 5.74. The monoisotopic (exact) mass is 878 g/mol. The van der Waals surface area contributed by atoms with Gasteiger partial charge < -0.3 is 59.6 Å². The van der Waals surface area contributed by atoms with E-state index >= 15 is 0 Å². The van der Waals surface area contributed by atoms with Crippen LogP contribution in [0.25, 0.3) is 0 Å². The molecule has 0 aromatic heterocycles. The van der Waals surface area contributed by atoms with Crippen LogP contribution in [0.2, 0.25) is 0 Å². The van der Waals surface area contributed by atoms with Crippen LogP contribution in [0, 0.1) is 0 Å². The van der Waals surface area contributed by atoms with Gasteiger partial charge in [-0.25, -0.2) is 0 Å². The fourth-order valence-corrected chi connectivity index (χ4v) is 6.34. The van der Waals surface area contributed by atoms with E-state index in [1.54, 1.807) is 5.06 Å². The molecule has 0 aromatic rings. The van der Waals surface area contributed by atoms with Crippen molar-refractivity contribution in [3.8, 4) is 0 Å². The number of carbonyl (C=O) groups is 8. The number of nitrogens with zero attached hydrogens (tertiary/aromatic N) is 1. The maximum atomic E-state index is 12.5. The molecular weight excluding hydrogens is 816 g/mol. The Morgan fingerprint density at radius 3 is 1.38 bits per heavy atom. The highest BCUT2D eigenvalue weighted by atomic mass is 16.8. The molecule has 0 aliphatic carbocycles. The molecule has 61 heavy (non-hydrogen) atoms. The summed E-state index contributed by atoms with van der Waals surface area (Å²) < 4.78 is 44.5. The van der Waals surface area contributed by atoms with Crippen LogP contribution < -0.4 is 27.2 Å². The molecular formula is C37H62N6O18. The zero-order valence-electron chi connectivity index (χ0n) is 35.9. The van der Waals surface area contributed by atoms with Gasteiger partial charge in [0.15, 0.2) is 24.4 Å². The van der Waals surface area contributed by atoms with Crippen molar-refractivity contribution < 1.29 is 85.9 Å². The number of rotatable bonds is 25. The van der Waals surface area contributed by atoms with Crippen LogP contribution in [0.4, 0.5) is 0 Å². The number of esters is 6. The van der Waals surface area contributed by atoms with Gasteiger partial charge in [-0.05, 0) is 38.9 Å². The van der Waals surface area contributed by atoms with Crippen molar-refractivity contribution >= 4 is 47.6 Å². The molecule has 2 amide bonds. The fraction of sp³-hybridized carbons (Fsp3) is 0.784. The molecule has 6 unspecified atom stereocenters. The highest BCUT2D eigenvalue weighted by Crippen LogP contribution is 2.30. The molecule has 10 atom stereocenters. The standard InChI is InChI=1S/C37H62N6O18/c1-20(44)41-30-34(56-26(7)50)32(54-24(5)48)28(18-52-22(3)46)58-36(30)60-40-15-11-17-43(16-10-14-39-13-9-12-38)61-37-31(42-21(2)45)35(57-27(8)51)33(55-25(6)49)29(59-37)19-53-23(4)47/h28-37,39-40H,9-19,38H2,1-8H3,(H,41,44)(H,42,45)/t28?,29?,30?,31?,32-,33-,34?,35?,36-,37-/m0/s1. The number of hydrogen-bond acceptors (Lipinski definition) is 22. The predicted octanol–water partition coefficient (Wildman–Crippen LogP) is -2.23. The topological polar surface area (TPSA) is 306 Å². The normalized spacial score (nSPS) is 26.0. The van der Waals surface area contributed by atoms with Gasteiger partial charge in [-0.2, -0.15) is 10.5 Å². The summed E-state index contributed by atoms with van der Waals surface area (Å²) in [5.74, 6) is -5.50. The van der Waals surface area contributed by atoms with Crippen LogP contribution in [-0.2, 0) is 85.9 Å². The number of nitrogens with two attached hydrogens (primary N) is 1. The Morgan fingerprint density at radius 2 is 0.951 bits per heavy atom. The number of amides is 2. The van der Waals surface area contributed by atoms with Gasteiger partial charge in [-0.3, -0.25) is 48.0 Å². The molecule has 348 valence electrons. The van der Waals surface area contributed by atoms with Gasteiger partial charge in [0, 0.05) is 75.0 Å². The van der Waals surface area contributed by atoms with Gasteiger partial charge in [0.1, 0.15) is 37.5 Å². The van der Waals surface area contributed by atoms with Gasteiger partial charge in [0.2, 0.25) is 24.4 Å². The minimum atomic E-state index is -1.38. The van der Waals surface area contributed by atoms with E-state index in [1.165, 1.54) is 20.8 Å². The molecule has 6 N–H and O–H groups in total. The van der Waals surface area contributed by atoms with Gasteiger partial charge >= 0.3 is 35.8 Å². The van der Waals surface area contributed by atoms with Crippen molar-refractivity contribution in [3.05, 3.63) is 0 Å². The molecule has 2 saturated heterocycles. The van der Waals surface area contributed by atoms with E-state index < -0.39 is 122 Å². The fourth-order valence-electron chi connectivity index (χ4n) is 6.34. The molecule has 2 fully saturated rings. The quantitative estimate of drug-likeness (QED) is 0.0281. The Morgan fingerprint density at radius 1 is 0.541 bits per heavy atom. The summed E-state index contributed by atoms with van der Waals surface area (Å²) in [5, 5.41) is 10.1. The Hall–Kier alpha value is -4.56. The van der Waals surface area contributed by atoms with Crippen molar-refractivity contribution in [2.75, 3.05) is 52.5 Å². The van der Waals surface area contributed by atoms with Crippen molar-refractivity contribution in [1.29, 1.82) is 0 Å². The first kappa shape index (κ1) is 52.6. The minimum Gasteiger partial charge on any atom is -0.463 e. The van der Waals surface area contributed by atoms with E-state index in [2.05, 4.69) is 21.4 Å². The summed E-state index contributed by atoms with van der Waals surface area (Å²) >= 11 is 0. The van der Waals surface area contributed by atoms with Crippen molar-refractivity contribution in [2.24, 2.45) is 5.73 Å². The summed E-state index contributed by atoms with van der Waals surface area (Å²) in [6, 6.07) is -2.44. The lowest BCUT2D eigenvalue weighted by atomic mass is 9.96. The average molecular weight is 879 g/mol. The van der Waals surface area contributed by atoms with Crippen LogP contribution in [0.5, 0.6) is 0 Å². The van der Waals surface area contributed by atoms with Crippen LogP contribution in [0.15, 0.2) is 0 Å². The maximum absolute atomic E-state index is 12.5. The molecule has 2 rings (SSSR count). The molecule has 24 heteroatoms. The molecule has 24 nitrogen and oxygen atoms in total. The van der Waals surface area contributed by atoms with Crippen LogP contribution >= 0.6 is 0 Å². The van der Waals surface area contributed by atoms with Crippen LogP contribution in [0.3, 0.4) is 0 Å². The molecule has 2 heterocycles. The summed E-state index contributed by atoms with van der Waals surface area (Å²) in [4.78, 5) is 109. The van der Waals surface area contributed by atoms with Crippen molar-refractivity contribution in [2.45, 2.75) is 136 Å². The van der Waals surface area contributed by atoms with Gasteiger partial charge in [-0.15, -0.1) is 0 Å². The first-order valence-corrected chi connectivity index (χ1v) is 19.8. The number of carbonyl (C=O) groups excluding carboxylic acids is 8. The van der Waals surface area contributed by atoms with Crippen LogP contribution in [-0.4, -0.2) is 166 Å². The summed E-state index contributed by atoms with van der Waals surface area (Å²) in [5.41, 5.74) is 8.37. The molecule has 0 saturated carbocycles. The third-order valence-corrected chi connectivity index (χ3v) is 8.60. The van der Waals surface area contributed by atoms with E-state index in [0.717, 1.165) is 41.0 Å². The molecule has 2 aliphatic rings. The lowest BCUT2D eigenvalue weighted by molar-refractivity contribution is -0.342. The lowest BCUT2D eigenvalue weighted by Gasteiger charge is -2.45. The second kappa shape index (κ2) is 27.4. The Labute approximate surface area is 354 Å². The molecule has 0 radical (unpaired) electrons. The SMILES string of the molecule is CC(=O)NC1C(OC(C)=O)[C@@H](OC(C)=O)C(COC(C)=O)O[C@H]1ONCCCN(CCCNCCCN)O[C@@H]1OC(COC(C)=O)[C@H](OC(C)=O)C(OC(C)=O)C1NC(C)=O. The first-order chi connectivity index (χ1) is 28.8. The average Bonchev–Trinajstić information content (AvgIpc) is 3.14. The Kier molecular flexibility index (Phi) is 23.6. The number of nitrogens with one attached hydrogen (secondary N) is 4. The summed E-state index contributed by atoms with van der Waals surface area (Å²) in [6.07, 6.45) is -8.85.